The molecule has 0 spiro atoms. The van der Waals surface area contributed by atoms with Crippen molar-refractivity contribution in [3.05, 3.63) is 126 Å². The average Bonchev–Trinajstić information content (AvgIpc) is 3.45. The van der Waals surface area contributed by atoms with Crippen LogP contribution >= 0.6 is 0 Å². The van der Waals surface area contributed by atoms with Gasteiger partial charge in [0.15, 0.2) is 0 Å². The van der Waals surface area contributed by atoms with Crippen LogP contribution in [0.5, 0.6) is 0 Å². The van der Waals surface area contributed by atoms with Crippen LogP contribution in [0.25, 0.3) is 28.1 Å². The van der Waals surface area contributed by atoms with Crippen LogP contribution in [0, 0.1) is 0 Å². The standard InChI is InChI=1S/C36H36N4O/c1-2-3-9-35-39-34(25-40(35)33-19-16-29-20-21-37-24-31(29)23-33)30-14-17-32(18-15-30)38-36(41)22-26-10-12-28(13-11-26)27-7-5-4-6-8-27/h4-8,10-19,23,25,37H,2-3,9,20-22,24H2,1H3,(H,38,41). The highest BCUT2D eigenvalue weighted by Gasteiger charge is 2.15. The van der Waals surface area contributed by atoms with Crippen molar-refractivity contribution in [3.63, 3.8) is 0 Å². The zero-order valence-corrected chi connectivity index (χ0v) is 23.6. The molecule has 0 atom stereocenters. The molecule has 5 aromatic rings. The fourth-order valence-electron chi connectivity index (χ4n) is 5.47. The summed E-state index contributed by atoms with van der Waals surface area (Å²) in [4.78, 5) is 17.8. The van der Waals surface area contributed by atoms with E-state index in [2.05, 4.69) is 70.8 Å². The van der Waals surface area contributed by atoms with Crippen molar-refractivity contribution < 1.29 is 4.79 Å². The number of imidazole rings is 1. The molecule has 0 saturated carbocycles. The van der Waals surface area contributed by atoms with Gasteiger partial charge in [-0.2, -0.15) is 0 Å². The van der Waals surface area contributed by atoms with E-state index in [4.69, 9.17) is 4.98 Å². The van der Waals surface area contributed by atoms with E-state index in [1.165, 1.54) is 16.7 Å². The molecule has 0 unspecified atom stereocenters. The fourth-order valence-corrected chi connectivity index (χ4v) is 5.47. The van der Waals surface area contributed by atoms with Crippen molar-refractivity contribution in [1.82, 2.24) is 14.9 Å². The minimum Gasteiger partial charge on any atom is -0.326 e. The molecule has 0 aliphatic carbocycles. The van der Waals surface area contributed by atoms with Gasteiger partial charge in [0.2, 0.25) is 5.91 Å². The second-order valence-corrected chi connectivity index (χ2v) is 10.8. The Hall–Kier alpha value is -4.48. The number of benzene rings is 4. The van der Waals surface area contributed by atoms with Gasteiger partial charge in [-0.1, -0.05) is 86.1 Å². The van der Waals surface area contributed by atoms with Gasteiger partial charge in [-0.25, -0.2) is 4.98 Å². The Morgan fingerprint density at radius 3 is 2.41 bits per heavy atom. The molecule has 2 N–H and O–H groups in total. The van der Waals surface area contributed by atoms with E-state index in [1.807, 2.05) is 54.6 Å². The maximum Gasteiger partial charge on any atom is 0.228 e. The van der Waals surface area contributed by atoms with Crippen LogP contribution in [0.3, 0.4) is 0 Å². The Morgan fingerprint density at radius 1 is 0.878 bits per heavy atom. The number of hydrogen-bond donors (Lipinski definition) is 2. The molecule has 6 rings (SSSR count). The quantitative estimate of drug-likeness (QED) is 0.205. The molecular formula is C36H36N4O. The number of nitrogens with one attached hydrogen (secondary N) is 2. The van der Waals surface area contributed by atoms with E-state index in [9.17, 15) is 4.79 Å². The van der Waals surface area contributed by atoms with Gasteiger partial charge in [-0.3, -0.25) is 4.79 Å². The molecule has 206 valence electrons. The van der Waals surface area contributed by atoms with Crippen LogP contribution in [0.4, 0.5) is 5.69 Å². The van der Waals surface area contributed by atoms with Crippen LogP contribution in [-0.2, 0) is 30.6 Å². The lowest BCUT2D eigenvalue weighted by molar-refractivity contribution is -0.115. The highest BCUT2D eigenvalue weighted by atomic mass is 16.1. The van der Waals surface area contributed by atoms with E-state index in [0.29, 0.717) is 6.42 Å². The molecule has 4 aromatic carbocycles. The van der Waals surface area contributed by atoms with E-state index in [-0.39, 0.29) is 5.91 Å². The van der Waals surface area contributed by atoms with Gasteiger partial charge in [0.05, 0.1) is 12.1 Å². The average molecular weight is 541 g/mol. The largest absolute Gasteiger partial charge is 0.326 e. The molecule has 0 saturated heterocycles. The number of aryl methyl sites for hydroxylation is 1. The van der Waals surface area contributed by atoms with Crippen molar-refractivity contribution in [1.29, 1.82) is 0 Å². The summed E-state index contributed by atoms with van der Waals surface area (Å²) in [7, 11) is 0. The molecule has 5 heteroatoms. The number of nitrogens with zero attached hydrogens (tertiary/aromatic N) is 2. The van der Waals surface area contributed by atoms with Crippen molar-refractivity contribution in [3.8, 4) is 28.1 Å². The Labute approximate surface area is 242 Å². The summed E-state index contributed by atoms with van der Waals surface area (Å²) < 4.78 is 2.25. The minimum absolute atomic E-state index is 0.0294. The number of carbonyl (C=O) groups excluding carboxylic acids is 1. The smallest absolute Gasteiger partial charge is 0.228 e. The first-order chi connectivity index (χ1) is 20.2. The Bertz CT molecular complexity index is 1620. The van der Waals surface area contributed by atoms with Crippen molar-refractivity contribution in [2.45, 2.75) is 45.6 Å². The first-order valence-corrected chi connectivity index (χ1v) is 14.6. The maximum atomic E-state index is 12.8. The molecule has 2 heterocycles. The predicted octanol–water partition coefficient (Wildman–Crippen LogP) is 7.38. The topological polar surface area (TPSA) is 59.0 Å². The monoisotopic (exact) mass is 540 g/mol. The van der Waals surface area contributed by atoms with Crippen LogP contribution in [0.2, 0.25) is 0 Å². The van der Waals surface area contributed by atoms with Gasteiger partial charge in [0, 0.05) is 36.1 Å². The number of fused-ring (bicyclic) bond motifs is 1. The summed E-state index contributed by atoms with van der Waals surface area (Å²) in [6, 6.07) is 33.2. The van der Waals surface area contributed by atoms with E-state index >= 15 is 0 Å². The van der Waals surface area contributed by atoms with Crippen LogP contribution in [-0.4, -0.2) is 22.0 Å². The third kappa shape index (κ3) is 6.31. The normalized spacial score (nSPS) is 12.6. The van der Waals surface area contributed by atoms with Gasteiger partial charge in [-0.05, 0) is 71.5 Å². The molecule has 41 heavy (non-hydrogen) atoms. The zero-order chi connectivity index (χ0) is 28.0. The zero-order valence-electron chi connectivity index (χ0n) is 23.6. The van der Waals surface area contributed by atoms with Crippen LogP contribution < -0.4 is 10.6 Å². The highest BCUT2D eigenvalue weighted by Crippen LogP contribution is 2.26. The fraction of sp³-hybridized carbons (Fsp3) is 0.222. The predicted molar refractivity (Wildman–Crippen MR) is 167 cm³/mol. The van der Waals surface area contributed by atoms with Gasteiger partial charge < -0.3 is 15.2 Å². The summed E-state index contributed by atoms with van der Waals surface area (Å²) in [5.74, 6) is 1.06. The number of aromatic nitrogens is 2. The number of anilines is 1. The molecule has 0 bridgehead atoms. The summed E-state index contributed by atoms with van der Waals surface area (Å²) in [6.07, 6.45) is 6.72. The summed E-state index contributed by atoms with van der Waals surface area (Å²) >= 11 is 0. The summed E-state index contributed by atoms with van der Waals surface area (Å²) in [5.41, 5.74) is 10.0. The Balaban J connectivity index is 1.14. The van der Waals surface area contributed by atoms with Gasteiger partial charge in [-0.15, -0.1) is 0 Å². The first-order valence-electron chi connectivity index (χ1n) is 14.6. The highest BCUT2D eigenvalue weighted by molar-refractivity contribution is 5.92. The molecule has 1 amide bonds. The number of amides is 1. The van der Waals surface area contributed by atoms with E-state index in [0.717, 1.165) is 78.4 Å². The molecular weight excluding hydrogens is 504 g/mol. The van der Waals surface area contributed by atoms with Gasteiger partial charge in [0.25, 0.3) is 0 Å². The molecule has 1 aliphatic heterocycles. The Kier molecular flexibility index (Phi) is 8.06. The number of rotatable bonds is 9. The molecule has 1 aliphatic rings. The number of hydrogen-bond acceptors (Lipinski definition) is 3. The van der Waals surface area contributed by atoms with Crippen molar-refractivity contribution in [2.75, 3.05) is 11.9 Å². The lowest BCUT2D eigenvalue weighted by Gasteiger charge is -2.18. The number of carbonyl (C=O) groups is 1. The third-order valence-corrected chi connectivity index (χ3v) is 7.78. The summed E-state index contributed by atoms with van der Waals surface area (Å²) in [5, 5.41) is 6.53. The lowest BCUT2D eigenvalue weighted by atomic mass is 10.0. The molecule has 0 fully saturated rings. The summed E-state index contributed by atoms with van der Waals surface area (Å²) in [6.45, 7) is 4.17. The van der Waals surface area contributed by atoms with Crippen molar-refractivity contribution >= 4 is 11.6 Å². The SMILES string of the molecule is CCCCc1nc(-c2ccc(NC(=O)Cc3ccc(-c4ccccc4)cc3)cc2)cn1-c1ccc2c(c1)CNCC2. The van der Waals surface area contributed by atoms with Gasteiger partial charge >= 0.3 is 0 Å². The number of unbranched alkanes of at least 4 members (excludes halogenated alkanes) is 1. The van der Waals surface area contributed by atoms with E-state index in [1.54, 1.807) is 0 Å². The third-order valence-electron chi connectivity index (χ3n) is 7.78. The molecule has 0 radical (unpaired) electrons. The minimum atomic E-state index is -0.0294. The molecule has 5 nitrogen and oxygen atoms in total. The van der Waals surface area contributed by atoms with Gasteiger partial charge in [0.1, 0.15) is 5.82 Å². The maximum absolute atomic E-state index is 12.8. The van der Waals surface area contributed by atoms with Crippen LogP contribution in [0.1, 0.15) is 42.3 Å². The van der Waals surface area contributed by atoms with Crippen molar-refractivity contribution in [2.24, 2.45) is 0 Å². The van der Waals surface area contributed by atoms with Crippen LogP contribution in [0.15, 0.2) is 103 Å². The second kappa shape index (κ2) is 12.4. The Morgan fingerprint density at radius 2 is 1.63 bits per heavy atom. The molecule has 1 aromatic heterocycles. The lowest BCUT2D eigenvalue weighted by Crippen LogP contribution is -2.23. The van der Waals surface area contributed by atoms with E-state index < -0.39 is 0 Å². The first kappa shape index (κ1) is 26.7. The second-order valence-electron chi connectivity index (χ2n) is 10.8.